The van der Waals surface area contributed by atoms with Crippen LogP contribution in [0.15, 0.2) is 42.5 Å². The van der Waals surface area contributed by atoms with E-state index >= 15 is 0 Å². The molecular formula is C32H41F6NO3S. The van der Waals surface area contributed by atoms with Crippen molar-refractivity contribution in [2.24, 2.45) is 0 Å². The van der Waals surface area contributed by atoms with Crippen LogP contribution >= 0.6 is 0 Å². The summed E-state index contributed by atoms with van der Waals surface area (Å²) < 4.78 is 102. The van der Waals surface area contributed by atoms with Crippen molar-refractivity contribution in [1.29, 1.82) is 0 Å². The van der Waals surface area contributed by atoms with Crippen molar-refractivity contribution in [2.75, 3.05) is 31.6 Å². The molecule has 0 aromatic heterocycles. The van der Waals surface area contributed by atoms with Gasteiger partial charge in [-0.05, 0) is 112 Å². The molecule has 2 aromatic carbocycles. The molecule has 4 nitrogen and oxygen atoms in total. The van der Waals surface area contributed by atoms with Gasteiger partial charge in [0.05, 0.1) is 11.5 Å². The van der Waals surface area contributed by atoms with E-state index in [0.29, 0.717) is 12.1 Å². The highest BCUT2D eigenvalue weighted by molar-refractivity contribution is 7.91. The van der Waals surface area contributed by atoms with Gasteiger partial charge in [0.25, 0.3) is 0 Å². The average Bonchev–Trinajstić information content (AvgIpc) is 3.08. The van der Waals surface area contributed by atoms with E-state index in [2.05, 4.69) is 0 Å². The Morgan fingerprint density at radius 2 is 1.51 bits per heavy atom. The number of fused-ring (bicyclic) bond motifs is 1. The first kappa shape index (κ1) is 35.0. The van der Waals surface area contributed by atoms with Crippen LogP contribution in [0.4, 0.5) is 26.3 Å². The molecule has 0 radical (unpaired) electrons. The summed E-state index contributed by atoms with van der Waals surface area (Å²) in [5.41, 5.74) is 4.91. The lowest BCUT2D eigenvalue weighted by Crippen LogP contribution is -2.36. The summed E-state index contributed by atoms with van der Waals surface area (Å²) in [6.45, 7) is 1.21. The summed E-state index contributed by atoms with van der Waals surface area (Å²) >= 11 is 0. The molecule has 0 saturated carbocycles. The Bertz CT molecular complexity index is 1340. The number of sulfone groups is 1. The van der Waals surface area contributed by atoms with E-state index in [4.69, 9.17) is 0 Å². The molecule has 1 N–H and O–H groups in total. The van der Waals surface area contributed by atoms with Crippen molar-refractivity contribution < 1.29 is 39.9 Å². The van der Waals surface area contributed by atoms with Gasteiger partial charge in [0, 0.05) is 12.0 Å². The number of nitrogens with zero attached hydrogens (tertiary/aromatic N) is 1. The number of hydrogen-bond donors (Lipinski definition) is 1. The first-order valence-corrected chi connectivity index (χ1v) is 16.6. The molecule has 11 heteroatoms. The summed E-state index contributed by atoms with van der Waals surface area (Å²) in [5.74, 6) is -5.85. The van der Waals surface area contributed by atoms with Crippen molar-refractivity contribution in [3.05, 3.63) is 65.0 Å². The topological polar surface area (TPSA) is 57.6 Å². The molecule has 0 bridgehead atoms. The maximum absolute atomic E-state index is 14.8. The molecular weight excluding hydrogens is 592 g/mol. The molecule has 43 heavy (non-hydrogen) atoms. The number of phenols is 1. The first-order valence-electron chi connectivity index (χ1n) is 14.8. The summed E-state index contributed by atoms with van der Waals surface area (Å²) in [6, 6.07) is 12.2. The molecule has 0 spiro atoms. The Morgan fingerprint density at radius 3 is 2.23 bits per heavy atom. The monoisotopic (exact) mass is 633 g/mol. The predicted molar refractivity (Wildman–Crippen MR) is 158 cm³/mol. The van der Waals surface area contributed by atoms with Crippen LogP contribution in [0.2, 0.25) is 0 Å². The molecule has 3 rings (SSSR count). The lowest BCUT2D eigenvalue weighted by Gasteiger charge is -2.19. The number of allylic oxidation sites excluding steroid dienone is 2. The second-order valence-electron chi connectivity index (χ2n) is 11.4. The molecule has 240 valence electrons. The largest absolute Gasteiger partial charge is 0.508 e. The zero-order chi connectivity index (χ0) is 31.7. The van der Waals surface area contributed by atoms with E-state index in [-0.39, 0.29) is 23.7 Å². The van der Waals surface area contributed by atoms with Crippen LogP contribution in [-0.2, 0) is 16.3 Å². The Balaban J connectivity index is 1.43. The van der Waals surface area contributed by atoms with E-state index in [1.807, 2.05) is 30.1 Å². The average molecular weight is 634 g/mol. The lowest BCUT2D eigenvalue weighted by molar-refractivity contribution is -0.284. The third-order valence-electron chi connectivity index (χ3n) is 7.92. The highest BCUT2D eigenvalue weighted by Crippen LogP contribution is 2.41. The number of rotatable bonds is 16. The van der Waals surface area contributed by atoms with Crippen LogP contribution < -0.4 is 0 Å². The number of unbranched alkanes of at least 4 members (excludes halogenated alkanes) is 3. The van der Waals surface area contributed by atoms with Gasteiger partial charge in [0.15, 0.2) is 0 Å². The number of hydrogen-bond acceptors (Lipinski definition) is 4. The van der Waals surface area contributed by atoms with Gasteiger partial charge in [0.1, 0.15) is 21.4 Å². The van der Waals surface area contributed by atoms with Gasteiger partial charge in [-0.1, -0.05) is 37.1 Å². The summed E-state index contributed by atoms with van der Waals surface area (Å²) in [4.78, 5) is 1.99. The first-order chi connectivity index (χ1) is 20.2. The molecule has 0 aliphatic heterocycles. The van der Waals surface area contributed by atoms with Crippen molar-refractivity contribution in [2.45, 2.75) is 82.7 Å². The fraction of sp³-hybridized carbons (Fsp3) is 0.562. The fourth-order valence-electron chi connectivity index (χ4n) is 5.60. The molecule has 0 atom stereocenters. The van der Waals surface area contributed by atoms with Gasteiger partial charge in [-0.2, -0.15) is 22.0 Å². The van der Waals surface area contributed by atoms with Crippen LogP contribution in [0.5, 0.6) is 5.75 Å². The smallest absolute Gasteiger partial charge is 0.453 e. The summed E-state index contributed by atoms with van der Waals surface area (Å²) in [5, 5.41) is 10.0. The van der Waals surface area contributed by atoms with Crippen LogP contribution in [0, 0.1) is 5.82 Å². The highest BCUT2D eigenvalue weighted by Gasteiger charge is 2.56. The van der Waals surface area contributed by atoms with E-state index in [0.717, 1.165) is 80.2 Å². The number of benzene rings is 2. The third-order valence-corrected chi connectivity index (χ3v) is 9.74. The Morgan fingerprint density at radius 1 is 0.837 bits per heavy atom. The van der Waals surface area contributed by atoms with Crippen molar-refractivity contribution in [3.63, 3.8) is 0 Å². The lowest BCUT2D eigenvalue weighted by atomic mass is 9.89. The normalized spacial score (nSPS) is 14.7. The van der Waals surface area contributed by atoms with Gasteiger partial charge in [-0.25, -0.2) is 12.8 Å². The minimum Gasteiger partial charge on any atom is -0.508 e. The molecule has 0 fully saturated rings. The Hall–Kier alpha value is -2.53. The number of aryl methyl sites for hydroxylation is 1. The molecule has 1 aliphatic carbocycles. The summed E-state index contributed by atoms with van der Waals surface area (Å²) in [6.07, 6.45) is -0.766. The number of alkyl halides is 5. The maximum Gasteiger partial charge on any atom is 0.453 e. The maximum atomic E-state index is 14.8. The number of halogens is 6. The van der Waals surface area contributed by atoms with Crippen LogP contribution in [0.1, 0.15) is 80.9 Å². The standard InChI is InChI=1S/C32H41F6NO3S/c1-39(20-10-22-43(41,42)21-9-18-31(34,35)32(36,37)38)19-7-3-2-4-12-27-26-17-16-25(40)23-24(26)11-8-14-28(27)29-13-5-6-15-30(29)33/h5-6,13,15-17,23,40H,2-4,7-12,14,18-22H2,1H3. The zero-order valence-electron chi connectivity index (χ0n) is 24.5. The predicted octanol–water partition coefficient (Wildman–Crippen LogP) is 8.44. The molecule has 1 aliphatic rings. The van der Waals surface area contributed by atoms with E-state index < -0.39 is 40.5 Å². The SMILES string of the molecule is CN(CCCCCCC1=C(c2ccccc2F)CCCc2cc(O)ccc21)CCCS(=O)(=O)CCCC(F)(F)C(F)(F)F. The zero-order valence-corrected chi connectivity index (χ0v) is 25.4. The number of phenolic OH excluding ortho intramolecular Hbond substituents is 1. The minimum absolute atomic E-state index is 0.222. The van der Waals surface area contributed by atoms with Gasteiger partial charge < -0.3 is 10.0 Å². The van der Waals surface area contributed by atoms with Gasteiger partial charge in [0.2, 0.25) is 0 Å². The fourth-order valence-corrected chi connectivity index (χ4v) is 6.96. The van der Waals surface area contributed by atoms with E-state index in [9.17, 15) is 39.9 Å². The van der Waals surface area contributed by atoms with Crippen molar-refractivity contribution in [3.8, 4) is 5.75 Å². The van der Waals surface area contributed by atoms with Crippen molar-refractivity contribution in [1.82, 2.24) is 4.90 Å². The van der Waals surface area contributed by atoms with Gasteiger partial charge >= 0.3 is 12.1 Å². The molecule has 0 unspecified atom stereocenters. The molecule has 0 amide bonds. The van der Waals surface area contributed by atoms with Gasteiger partial charge in [-0.15, -0.1) is 0 Å². The molecule has 0 saturated heterocycles. The van der Waals surface area contributed by atoms with Crippen LogP contribution in [-0.4, -0.2) is 62.2 Å². The second-order valence-corrected chi connectivity index (χ2v) is 13.7. The van der Waals surface area contributed by atoms with E-state index in [1.165, 1.54) is 6.07 Å². The van der Waals surface area contributed by atoms with Gasteiger partial charge in [-0.3, -0.25) is 0 Å². The quantitative estimate of drug-likeness (QED) is 0.149. The van der Waals surface area contributed by atoms with Crippen molar-refractivity contribution >= 4 is 21.0 Å². The van der Waals surface area contributed by atoms with Crippen LogP contribution in [0.25, 0.3) is 11.1 Å². The Labute approximate surface area is 250 Å². The second kappa shape index (κ2) is 15.5. The summed E-state index contributed by atoms with van der Waals surface area (Å²) in [7, 11) is -1.85. The minimum atomic E-state index is -5.67. The number of aromatic hydroxyl groups is 1. The van der Waals surface area contributed by atoms with Crippen LogP contribution in [0.3, 0.4) is 0 Å². The molecule has 0 heterocycles. The Kier molecular flexibility index (Phi) is 12.6. The third kappa shape index (κ3) is 10.6. The molecule has 2 aromatic rings. The van der Waals surface area contributed by atoms with E-state index in [1.54, 1.807) is 18.2 Å². The highest BCUT2D eigenvalue weighted by atomic mass is 32.2.